The molecule has 2 heteroatoms. The summed E-state index contributed by atoms with van der Waals surface area (Å²) in [6, 6.07) is 6.65. The number of aryl methyl sites for hydroxylation is 2. The summed E-state index contributed by atoms with van der Waals surface area (Å²) < 4.78 is 2.54. The lowest BCUT2D eigenvalue weighted by Crippen LogP contribution is -1.90. The van der Waals surface area contributed by atoms with Gasteiger partial charge in [-0.25, -0.2) is 0 Å². The molecule has 0 saturated heterocycles. The molecule has 0 spiro atoms. The van der Waals surface area contributed by atoms with E-state index in [-0.39, 0.29) is 0 Å². The number of alkyl halides is 1. The first-order valence-corrected chi connectivity index (χ1v) is 6.15. The Labute approximate surface area is 95.0 Å². The van der Waals surface area contributed by atoms with Gasteiger partial charge in [-0.3, -0.25) is 0 Å². The zero-order chi connectivity index (χ0) is 8.27. The van der Waals surface area contributed by atoms with E-state index in [0.29, 0.717) is 0 Å². The summed E-state index contributed by atoms with van der Waals surface area (Å²) in [6.07, 6.45) is 1.20. The fourth-order valence-electron chi connectivity index (χ4n) is 1.04. The lowest BCUT2D eigenvalue weighted by molar-refractivity contribution is 1.14. The minimum atomic E-state index is 1.20. The summed E-state index contributed by atoms with van der Waals surface area (Å²) in [6.45, 7) is 2.18. The Hall–Kier alpha value is 0.680. The van der Waals surface area contributed by atoms with Crippen molar-refractivity contribution in [2.75, 3.05) is 4.43 Å². The maximum absolute atomic E-state index is 2.41. The molecule has 0 aromatic heterocycles. The van der Waals surface area contributed by atoms with Crippen LogP contribution in [-0.2, 0) is 6.42 Å². The number of hydrogen-bond donors (Lipinski definition) is 0. The van der Waals surface area contributed by atoms with Crippen LogP contribution < -0.4 is 0 Å². The van der Waals surface area contributed by atoms with E-state index in [4.69, 9.17) is 0 Å². The maximum atomic E-state index is 2.41. The molecule has 0 saturated carbocycles. The van der Waals surface area contributed by atoms with Crippen LogP contribution in [0.4, 0.5) is 0 Å². The van der Waals surface area contributed by atoms with Gasteiger partial charge in [0.1, 0.15) is 0 Å². The Bertz CT molecular complexity index is 243. The Balaban J connectivity index is 2.90. The topological polar surface area (TPSA) is 0 Å². The lowest BCUT2D eigenvalue weighted by atomic mass is 10.1. The number of halogens is 2. The monoisotopic (exact) mass is 372 g/mol. The van der Waals surface area contributed by atoms with E-state index in [1.54, 1.807) is 0 Å². The molecule has 0 aliphatic carbocycles. The molecular formula is C9H10I2. The molecule has 0 radical (unpaired) electrons. The van der Waals surface area contributed by atoms with E-state index in [9.17, 15) is 0 Å². The molecule has 0 bridgehead atoms. The predicted octanol–water partition coefficient (Wildman–Crippen LogP) is 3.58. The highest BCUT2D eigenvalue weighted by molar-refractivity contribution is 14.1. The molecule has 11 heavy (non-hydrogen) atoms. The Morgan fingerprint density at radius 2 is 2.09 bits per heavy atom. The van der Waals surface area contributed by atoms with Gasteiger partial charge in [0.15, 0.2) is 0 Å². The van der Waals surface area contributed by atoms with Gasteiger partial charge in [-0.2, -0.15) is 0 Å². The summed E-state index contributed by atoms with van der Waals surface area (Å²) in [5.74, 6) is 0. The molecule has 0 atom stereocenters. The lowest BCUT2D eigenvalue weighted by Gasteiger charge is -2.02. The quantitative estimate of drug-likeness (QED) is 0.550. The summed E-state index contributed by atoms with van der Waals surface area (Å²) in [5, 5.41) is 0. The molecule has 0 N–H and O–H groups in total. The highest BCUT2D eigenvalue weighted by atomic mass is 127. The van der Waals surface area contributed by atoms with Gasteiger partial charge in [0, 0.05) is 8.00 Å². The molecule has 0 unspecified atom stereocenters. The number of hydrogen-bond acceptors (Lipinski definition) is 0. The van der Waals surface area contributed by atoms with E-state index in [2.05, 4.69) is 70.3 Å². The number of rotatable bonds is 2. The van der Waals surface area contributed by atoms with Crippen molar-refractivity contribution in [3.63, 3.8) is 0 Å². The van der Waals surface area contributed by atoms with Gasteiger partial charge in [0.2, 0.25) is 0 Å². The molecule has 0 amide bonds. The van der Waals surface area contributed by atoms with Crippen molar-refractivity contribution >= 4 is 45.2 Å². The molecule has 0 aliphatic rings. The highest BCUT2D eigenvalue weighted by Gasteiger charge is 1.96. The molecule has 1 aromatic rings. The molecule has 0 nitrogen and oxygen atoms in total. The van der Waals surface area contributed by atoms with Crippen molar-refractivity contribution in [3.8, 4) is 0 Å². The van der Waals surface area contributed by atoms with Crippen molar-refractivity contribution in [2.24, 2.45) is 0 Å². The van der Waals surface area contributed by atoms with Crippen molar-refractivity contribution in [3.05, 3.63) is 32.9 Å². The van der Waals surface area contributed by atoms with Gasteiger partial charge in [0.05, 0.1) is 0 Å². The van der Waals surface area contributed by atoms with Gasteiger partial charge < -0.3 is 0 Å². The van der Waals surface area contributed by atoms with Gasteiger partial charge >= 0.3 is 0 Å². The Morgan fingerprint density at radius 3 is 2.64 bits per heavy atom. The number of benzene rings is 1. The summed E-state index contributed by atoms with van der Waals surface area (Å²) in [4.78, 5) is 0. The Morgan fingerprint density at radius 1 is 1.36 bits per heavy atom. The Kier molecular flexibility index (Phi) is 4.12. The van der Waals surface area contributed by atoms with Crippen LogP contribution in [0.1, 0.15) is 11.1 Å². The first-order valence-electron chi connectivity index (χ1n) is 3.55. The van der Waals surface area contributed by atoms with Crippen molar-refractivity contribution in [1.82, 2.24) is 0 Å². The van der Waals surface area contributed by atoms with Crippen LogP contribution in [-0.4, -0.2) is 4.43 Å². The minimum absolute atomic E-state index is 1.20. The molecule has 1 rings (SSSR count). The molecule has 1 aromatic carbocycles. The second-order valence-corrected chi connectivity index (χ2v) is 4.83. The van der Waals surface area contributed by atoms with Crippen LogP contribution in [0.15, 0.2) is 18.2 Å². The standard InChI is InChI=1S/C9H10I2/c1-7-6-9(11)3-2-8(7)4-5-10/h2-3,6H,4-5H2,1H3. The van der Waals surface area contributed by atoms with Crippen LogP contribution in [0.3, 0.4) is 0 Å². The highest BCUT2D eigenvalue weighted by Crippen LogP contribution is 2.13. The van der Waals surface area contributed by atoms with E-state index >= 15 is 0 Å². The van der Waals surface area contributed by atoms with E-state index < -0.39 is 0 Å². The van der Waals surface area contributed by atoms with Crippen LogP contribution in [0.5, 0.6) is 0 Å². The van der Waals surface area contributed by atoms with Crippen LogP contribution >= 0.6 is 45.2 Å². The van der Waals surface area contributed by atoms with Crippen molar-refractivity contribution < 1.29 is 0 Å². The van der Waals surface area contributed by atoms with Crippen molar-refractivity contribution in [2.45, 2.75) is 13.3 Å². The minimum Gasteiger partial charge on any atom is -0.0860 e. The van der Waals surface area contributed by atoms with E-state index in [1.165, 1.54) is 25.5 Å². The summed E-state index contributed by atoms with van der Waals surface area (Å²) in [5.41, 5.74) is 2.91. The van der Waals surface area contributed by atoms with Gasteiger partial charge in [-0.15, -0.1) is 0 Å². The largest absolute Gasteiger partial charge is 0.0860 e. The smallest absolute Gasteiger partial charge is 0.0133 e. The third kappa shape index (κ3) is 2.89. The van der Waals surface area contributed by atoms with Gasteiger partial charge in [-0.05, 0) is 59.2 Å². The van der Waals surface area contributed by atoms with Crippen molar-refractivity contribution in [1.29, 1.82) is 0 Å². The summed E-state index contributed by atoms with van der Waals surface area (Å²) >= 11 is 4.76. The molecular weight excluding hydrogens is 362 g/mol. The molecule has 0 heterocycles. The third-order valence-electron chi connectivity index (χ3n) is 1.67. The molecule has 60 valence electrons. The summed E-state index contributed by atoms with van der Waals surface area (Å²) in [7, 11) is 0. The fourth-order valence-corrected chi connectivity index (χ4v) is 2.27. The third-order valence-corrected chi connectivity index (χ3v) is 2.88. The SMILES string of the molecule is Cc1cc(I)ccc1CCI. The zero-order valence-electron chi connectivity index (χ0n) is 6.40. The van der Waals surface area contributed by atoms with Gasteiger partial charge in [-0.1, -0.05) is 28.7 Å². The zero-order valence-corrected chi connectivity index (χ0v) is 10.7. The van der Waals surface area contributed by atoms with Crippen LogP contribution in [0, 0.1) is 10.5 Å². The molecule has 0 fully saturated rings. The average molecular weight is 372 g/mol. The van der Waals surface area contributed by atoms with E-state index in [1.807, 2.05) is 0 Å². The first-order chi connectivity index (χ1) is 5.24. The molecule has 0 aliphatic heterocycles. The van der Waals surface area contributed by atoms with E-state index in [0.717, 1.165) is 0 Å². The van der Waals surface area contributed by atoms with Gasteiger partial charge in [0.25, 0.3) is 0 Å². The maximum Gasteiger partial charge on any atom is 0.0133 e. The first kappa shape index (κ1) is 9.77. The van der Waals surface area contributed by atoms with Crippen LogP contribution in [0.2, 0.25) is 0 Å². The normalized spacial score (nSPS) is 10.1. The average Bonchev–Trinajstić information content (AvgIpc) is 1.95. The second kappa shape index (κ2) is 4.64. The second-order valence-electron chi connectivity index (χ2n) is 2.51. The van der Waals surface area contributed by atoms with Crippen LogP contribution in [0.25, 0.3) is 0 Å². The fraction of sp³-hybridized carbons (Fsp3) is 0.333. The predicted molar refractivity (Wildman–Crippen MR) is 66.5 cm³/mol.